The summed E-state index contributed by atoms with van der Waals surface area (Å²) in [6.07, 6.45) is -0.497. The largest absolute Gasteiger partial charge is 0.369 e. The third-order valence-corrected chi connectivity index (χ3v) is 4.13. The lowest BCUT2D eigenvalue weighted by Gasteiger charge is -2.36. The normalized spacial score (nSPS) is 16.3. The molecule has 1 saturated heterocycles. The zero-order chi connectivity index (χ0) is 17.0. The van der Waals surface area contributed by atoms with Gasteiger partial charge in [0.05, 0.1) is 10.6 Å². The number of piperazine rings is 1. The highest BCUT2D eigenvalue weighted by molar-refractivity contribution is 6.33. The highest BCUT2D eigenvalue weighted by Crippen LogP contribution is 2.21. The van der Waals surface area contributed by atoms with Crippen molar-refractivity contribution in [3.05, 3.63) is 34.6 Å². The van der Waals surface area contributed by atoms with E-state index in [1.807, 2.05) is 6.92 Å². The van der Waals surface area contributed by atoms with E-state index >= 15 is 0 Å². The summed E-state index contributed by atoms with van der Waals surface area (Å²) < 4.78 is 19.1. The third-order valence-electron chi connectivity index (χ3n) is 3.82. The van der Waals surface area contributed by atoms with Crippen LogP contribution in [0.2, 0.25) is 5.02 Å². The summed E-state index contributed by atoms with van der Waals surface area (Å²) in [4.78, 5) is 27.8. The first-order valence-corrected chi connectivity index (χ1v) is 7.97. The molecule has 1 aliphatic rings. The summed E-state index contributed by atoms with van der Waals surface area (Å²) in [5, 5.41) is 0.0958. The van der Waals surface area contributed by atoms with Crippen molar-refractivity contribution in [1.29, 1.82) is 0 Å². The Balaban J connectivity index is 1.99. The molecule has 1 aliphatic heterocycles. The Bertz CT molecular complexity index is 568. The highest BCUT2D eigenvalue weighted by atomic mass is 35.5. The monoisotopic (exact) mass is 342 g/mol. The van der Waals surface area contributed by atoms with Gasteiger partial charge in [-0.2, -0.15) is 0 Å². The van der Waals surface area contributed by atoms with Crippen LogP contribution in [-0.2, 0) is 9.53 Å². The molecule has 0 spiro atoms. The Morgan fingerprint density at radius 2 is 1.87 bits per heavy atom. The van der Waals surface area contributed by atoms with Crippen molar-refractivity contribution in [2.45, 2.75) is 20.0 Å². The minimum atomic E-state index is -0.633. The van der Waals surface area contributed by atoms with E-state index in [9.17, 15) is 14.0 Å². The second-order valence-corrected chi connectivity index (χ2v) is 5.72. The number of hydrogen-bond acceptors (Lipinski definition) is 3. The lowest BCUT2D eigenvalue weighted by atomic mass is 10.1. The summed E-state index contributed by atoms with van der Waals surface area (Å²) in [6, 6.07) is 4.16. The maximum Gasteiger partial charge on any atom is 0.258 e. The molecule has 0 unspecified atom stereocenters. The molecule has 5 nitrogen and oxygen atoms in total. The maximum absolute atomic E-state index is 13.8. The Hall–Kier alpha value is -1.66. The van der Waals surface area contributed by atoms with Crippen molar-refractivity contribution in [2.24, 2.45) is 0 Å². The first-order chi connectivity index (χ1) is 11.0. The third kappa shape index (κ3) is 4.00. The fourth-order valence-corrected chi connectivity index (χ4v) is 2.81. The van der Waals surface area contributed by atoms with Crippen LogP contribution in [-0.4, -0.2) is 60.5 Å². The molecular formula is C16H20ClFN2O3. The molecule has 0 bridgehead atoms. The lowest BCUT2D eigenvalue weighted by Crippen LogP contribution is -2.53. The van der Waals surface area contributed by atoms with Gasteiger partial charge >= 0.3 is 0 Å². The van der Waals surface area contributed by atoms with E-state index in [4.69, 9.17) is 16.3 Å². The molecule has 7 heteroatoms. The lowest BCUT2D eigenvalue weighted by molar-refractivity contribution is -0.143. The second kappa shape index (κ2) is 7.75. The fraction of sp³-hybridized carbons (Fsp3) is 0.500. The Kier molecular flexibility index (Phi) is 5.96. The molecule has 1 atom stereocenters. The summed E-state index contributed by atoms with van der Waals surface area (Å²) in [6.45, 7) is 5.49. The van der Waals surface area contributed by atoms with Crippen molar-refractivity contribution in [3.63, 3.8) is 0 Å². The van der Waals surface area contributed by atoms with E-state index < -0.39 is 17.8 Å². The molecule has 1 aromatic rings. The van der Waals surface area contributed by atoms with Crippen LogP contribution in [0.5, 0.6) is 0 Å². The van der Waals surface area contributed by atoms with Gasteiger partial charge in [0.2, 0.25) is 0 Å². The van der Waals surface area contributed by atoms with E-state index in [1.165, 1.54) is 23.1 Å². The van der Waals surface area contributed by atoms with Crippen LogP contribution in [0.25, 0.3) is 0 Å². The number of carbonyl (C=O) groups is 2. The maximum atomic E-state index is 13.8. The summed E-state index contributed by atoms with van der Waals surface area (Å²) in [5.41, 5.74) is -0.114. The van der Waals surface area contributed by atoms with E-state index in [-0.39, 0.29) is 16.5 Å². The van der Waals surface area contributed by atoms with Crippen LogP contribution >= 0.6 is 11.6 Å². The van der Waals surface area contributed by atoms with Gasteiger partial charge in [0.15, 0.2) is 0 Å². The minimum Gasteiger partial charge on any atom is -0.369 e. The van der Waals surface area contributed by atoms with Gasteiger partial charge in [-0.25, -0.2) is 4.39 Å². The van der Waals surface area contributed by atoms with Gasteiger partial charge in [0, 0.05) is 32.8 Å². The van der Waals surface area contributed by atoms with E-state index in [0.717, 1.165) is 0 Å². The molecule has 1 fully saturated rings. The number of nitrogens with zero attached hydrogens (tertiary/aromatic N) is 2. The van der Waals surface area contributed by atoms with Crippen molar-refractivity contribution < 1.29 is 18.7 Å². The quantitative estimate of drug-likeness (QED) is 0.842. The molecular weight excluding hydrogens is 323 g/mol. The van der Waals surface area contributed by atoms with Crippen LogP contribution in [0.1, 0.15) is 24.2 Å². The number of benzene rings is 1. The molecule has 0 aromatic heterocycles. The number of rotatable bonds is 4. The van der Waals surface area contributed by atoms with Gasteiger partial charge in [0.1, 0.15) is 11.9 Å². The number of ether oxygens (including phenoxy) is 1. The molecule has 126 valence electrons. The Morgan fingerprint density at radius 1 is 1.26 bits per heavy atom. The highest BCUT2D eigenvalue weighted by Gasteiger charge is 2.29. The van der Waals surface area contributed by atoms with Gasteiger partial charge < -0.3 is 14.5 Å². The smallest absolute Gasteiger partial charge is 0.258 e. The Labute approximate surface area is 140 Å². The number of carbonyl (C=O) groups excluding carboxylic acids is 2. The van der Waals surface area contributed by atoms with Crippen LogP contribution in [0.3, 0.4) is 0 Å². The fourth-order valence-electron chi connectivity index (χ4n) is 2.57. The molecule has 2 amide bonds. The zero-order valence-corrected chi connectivity index (χ0v) is 14.0. The molecule has 0 aliphatic carbocycles. The van der Waals surface area contributed by atoms with Crippen molar-refractivity contribution in [3.8, 4) is 0 Å². The summed E-state index contributed by atoms with van der Waals surface area (Å²) in [5.74, 6) is -1.17. The van der Waals surface area contributed by atoms with Crippen LogP contribution < -0.4 is 0 Å². The minimum absolute atomic E-state index is 0.0946. The Morgan fingerprint density at radius 3 is 2.43 bits per heavy atom. The topological polar surface area (TPSA) is 49.9 Å². The van der Waals surface area contributed by atoms with Crippen LogP contribution in [0.15, 0.2) is 18.2 Å². The van der Waals surface area contributed by atoms with Crippen molar-refractivity contribution in [2.75, 3.05) is 32.8 Å². The molecule has 23 heavy (non-hydrogen) atoms. The molecule has 0 radical (unpaired) electrons. The number of amides is 2. The average molecular weight is 343 g/mol. The zero-order valence-electron chi connectivity index (χ0n) is 13.2. The standard InChI is InChI=1S/C16H20ClFN2O3/c1-3-23-11(2)15(21)19-7-9-20(10-8-19)16(22)14-12(17)5-4-6-13(14)18/h4-6,11H,3,7-10H2,1-2H3/t11-/m1/s1. The van der Waals surface area contributed by atoms with Gasteiger partial charge in [-0.05, 0) is 26.0 Å². The van der Waals surface area contributed by atoms with Crippen molar-refractivity contribution in [1.82, 2.24) is 9.80 Å². The molecule has 0 N–H and O–H groups in total. The van der Waals surface area contributed by atoms with Crippen molar-refractivity contribution >= 4 is 23.4 Å². The summed E-state index contributed by atoms with van der Waals surface area (Å²) >= 11 is 5.93. The number of hydrogen-bond donors (Lipinski definition) is 0. The van der Waals surface area contributed by atoms with Gasteiger partial charge in [0.25, 0.3) is 11.8 Å². The molecule has 1 aromatic carbocycles. The van der Waals surface area contributed by atoms with Gasteiger partial charge in [-0.1, -0.05) is 17.7 Å². The van der Waals surface area contributed by atoms with Crippen LogP contribution in [0, 0.1) is 5.82 Å². The van der Waals surface area contributed by atoms with E-state index in [1.54, 1.807) is 11.8 Å². The molecule has 1 heterocycles. The van der Waals surface area contributed by atoms with E-state index in [0.29, 0.717) is 32.8 Å². The number of halogens is 2. The predicted molar refractivity (Wildman–Crippen MR) is 85.0 cm³/mol. The molecule has 0 saturated carbocycles. The average Bonchev–Trinajstić information content (AvgIpc) is 2.54. The first kappa shape index (κ1) is 17.7. The van der Waals surface area contributed by atoms with Gasteiger partial charge in [-0.3, -0.25) is 9.59 Å². The van der Waals surface area contributed by atoms with Gasteiger partial charge in [-0.15, -0.1) is 0 Å². The molecule has 2 rings (SSSR count). The SMILES string of the molecule is CCO[C@H](C)C(=O)N1CCN(C(=O)c2c(F)cccc2Cl)CC1. The predicted octanol–water partition coefficient (Wildman–Crippen LogP) is 2.19. The van der Waals surface area contributed by atoms with Crippen LogP contribution in [0.4, 0.5) is 4.39 Å². The second-order valence-electron chi connectivity index (χ2n) is 5.31. The van der Waals surface area contributed by atoms with E-state index in [2.05, 4.69) is 0 Å². The first-order valence-electron chi connectivity index (χ1n) is 7.59. The summed E-state index contributed by atoms with van der Waals surface area (Å²) in [7, 11) is 0.